The maximum Gasteiger partial charge on any atom is 0.387 e. The lowest BCUT2D eigenvalue weighted by atomic mass is 10.2. The van der Waals surface area contributed by atoms with E-state index in [-0.39, 0.29) is 23.6 Å². The maximum absolute atomic E-state index is 12.3. The van der Waals surface area contributed by atoms with Crippen LogP contribution in [0, 0.1) is 11.8 Å². The fraction of sp³-hybridized carbons (Fsp3) is 0.385. The van der Waals surface area contributed by atoms with E-state index < -0.39 is 30.3 Å². The van der Waals surface area contributed by atoms with E-state index in [9.17, 15) is 18.4 Å². The normalized spacial score (nSPS) is 20.0. The topological polar surface area (TPSA) is 84.9 Å². The van der Waals surface area contributed by atoms with Crippen molar-refractivity contribution >= 4 is 17.6 Å². The Hall–Kier alpha value is -2.38. The first-order valence-electron chi connectivity index (χ1n) is 6.09. The van der Waals surface area contributed by atoms with Crippen LogP contribution in [-0.2, 0) is 9.59 Å². The Morgan fingerprint density at radius 3 is 2.57 bits per heavy atom. The molecule has 1 aromatic rings. The summed E-state index contributed by atoms with van der Waals surface area (Å²) in [5, 5.41) is 11.2. The predicted octanol–water partition coefficient (Wildman–Crippen LogP) is 1.96. The van der Waals surface area contributed by atoms with Gasteiger partial charge in [0.2, 0.25) is 5.91 Å². The summed E-state index contributed by atoms with van der Waals surface area (Å²) in [5.74, 6) is -2.87. The number of nitrogens with one attached hydrogen (secondary N) is 1. The third kappa shape index (κ3) is 3.59. The van der Waals surface area contributed by atoms with Crippen molar-refractivity contribution in [2.24, 2.45) is 11.8 Å². The second-order valence-electron chi connectivity index (χ2n) is 4.52. The Morgan fingerprint density at radius 1 is 1.33 bits per heavy atom. The molecule has 0 radical (unpaired) electrons. The average Bonchev–Trinajstić information content (AvgIpc) is 3.18. The van der Waals surface area contributed by atoms with Gasteiger partial charge in [-0.25, -0.2) is 0 Å². The van der Waals surface area contributed by atoms with Crippen molar-refractivity contribution in [2.45, 2.75) is 13.0 Å². The number of benzene rings is 1. The minimum Gasteiger partial charge on any atom is -0.493 e. The lowest BCUT2D eigenvalue weighted by Gasteiger charge is -2.12. The van der Waals surface area contributed by atoms with Crippen molar-refractivity contribution in [1.82, 2.24) is 0 Å². The number of carbonyl (C=O) groups is 2. The van der Waals surface area contributed by atoms with E-state index in [1.54, 1.807) is 0 Å². The third-order valence-corrected chi connectivity index (χ3v) is 3.09. The molecule has 1 aromatic carbocycles. The first-order chi connectivity index (χ1) is 9.92. The van der Waals surface area contributed by atoms with Crippen molar-refractivity contribution in [3.63, 3.8) is 0 Å². The van der Waals surface area contributed by atoms with Crippen LogP contribution in [-0.4, -0.2) is 30.7 Å². The summed E-state index contributed by atoms with van der Waals surface area (Å²) in [7, 11) is 1.30. The zero-order chi connectivity index (χ0) is 15.6. The van der Waals surface area contributed by atoms with Crippen molar-refractivity contribution in [2.75, 3.05) is 12.4 Å². The largest absolute Gasteiger partial charge is 0.493 e. The van der Waals surface area contributed by atoms with Gasteiger partial charge >= 0.3 is 12.6 Å². The Bertz CT molecular complexity index is 563. The van der Waals surface area contributed by atoms with E-state index in [0.717, 1.165) is 0 Å². The number of anilines is 1. The van der Waals surface area contributed by atoms with Crippen molar-refractivity contribution < 1.29 is 33.0 Å². The van der Waals surface area contributed by atoms with Gasteiger partial charge in [0.05, 0.1) is 18.9 Å². The molecule has 8 heteroatoms. The highest BCUT2D eigenvalue weighted by Crippen LogP contribution is 2.40. The molecule has 6 nitrogen and oxygen atoms in total. The average molecular weight is 301 g/mol. The van der Waals surface area contributed by atoms with E-state index in [1.165, 1.54) is 25.3 Å². The van der Waals surface area contributed by atoms with E-state index >= 15 is 0 Å². The summed E-state index contributed by atoms with van der Waals surface area (Å²) in [4.78, 5) is 22.5. The van der Waals surface area contributed by atoms with Crippen LogP contribution in [0.2, 0.25) is 0 Å². The molecule has 2 N–H and O–H groups in total. The third-order valence-electron chi connectivity index (χ3n) is 3.09. The maximum atomic E-state index is 12.3. The highest BCUT2D eigenvalue weighted by Gasteiger charge is 2.48. The Kier molecular flexibility index (Phi) is 4.25. The smallest absolute Gasteiger partial charge is 0.387 e. The van der Waals surface area contributed by atoms with Gasteiger partial charge in [-0.15, -0.1) is 0 Å². The minimum atomic E-state index is -3.02. The summed E-state index contributed by atoms with van der Waals surface area (Å²) in [5.41, 5.74) is 0.229. The van der Waals surface area contributed by atoms with E-state index in [2.05, 4.69) is 10.1 Å². The number of hydrogen-bond acceptors (Lipinski definition) is 4. The van der Waals surface area contributed by atoms with Gasteiger partial charge in [-0.1, -0.05) is 0 Å². The number of hydrogen-bond donors (Lipinski definition) is 2. The fourth-order valence-electron chi connectivity index (χ4n) is 1.94. The number of rotatable bonds is 6. The first kappa shape index (κ1) is 15.0. The summed E-state index contributed by atoms with van der Waals surface area (Å²) >= 11 is 0. The fourth-order valence-corrected chi connectivity index (χ4v) is 1.94. The zero-order valence-electron chi connectivity index (χ0n) is 11.0. The van der Waals surface area contributed by atoms with Crippen LogP contribution < -0.4 is 14.8 Å². The van der Waals surface area contributed by atoms with Crippen molar-refractivity contribution in [3.8, 4) is 11.5 Å². The monoisotopic (exact) mass is 301 g/mol. The van der Waals surface area contributed by atoms with Gasteiger partial charge in [0.1, 0.15) is 0 Å². The molecule has 1 aliphatic carbocycles. The molecule has 2 rings (SSSR count). The molecule has 114 valence electrons. The zero-order valence-corrected chi connectivity index (χ0v) is 11.0. The van der Waals surface area contributed by atoms with E-state index in [4.69, 9.17) is 9.84 Å². The molecule has 1 amide bonds. The summed E-state index contributed by atoms with van der Waals surface area (Å²) in [6.45, 7) is -3.02. The Morgan fingerprint density at radius 2 is 2.05 bits per heavy atom. The number of carboxylic acids is 1. The molecule has 1 saturated carbocycles. The molecule has 0 unspecified atom stereocenters. The number of aliphatic carboxylic acids is 1. The van der Waals surface area contributed by atoms with Crippen LogP contribution in [0.3, 0.4) is 0 Å². The van der Waals surface area contributed by atoms with Gasteiger partial charge in [0.15, 0.2) is 11.5 Å². The Balaban J connectivity index is 2.07. The lowest BCUT2D eigenvalue weighted by Crippen LogP contribution is -2.17. The predicted molar refractivity (Wildman–Crippen MR) is 67.5 cm³/mol. The van der Waals surface area contributed by atoms with Crippen LogP contribution in [0.4, 0.5) is 14.5 Å². The second kappa shape index (κ2) is 5.94. The summed E-state index contributed by atoms with van der Waals surface area (Å²) in [6, 6.07) is 4.02. The number of carbonyl (C=O) groups excluding carboxylic acids is 1. The Labute approximate surface area is 118 Å². The molecule has 0 heterocycles. The van der Waals surface area contributed by atoms with Crippen LogP contribution >= 0.6 is 0 Å². The van der Waals surface area contributed by atoms with E-state index in [1.807, 2.05) is 0 Å². The van der Waals surface area contributed by atoms with Crippen molar-refractivity contribution in [1.29, 1.82) is 0 Å². The number of amides is 1. The van der Waals surface area contributed by atoms with Crippen LogP contribution in [0.5, 0.6) is 11.5 Å². The van der Waals surface area contributed by atoms with Gasteiger partial charge in [-0.05, 0) is 18.6 Å². The SMILES string of the molecule is COc1ccc(NC(=O)[C@@H]2C[C@@H]2C(=O)O)cc1OC(F)F. The molecule has 0 saturated heterocycles. The molecular formula is C13H13F2NO5. The minimum absolute atomic E-state index is 0.100. The summed E-state index contributed by atoms with van der Waals surface area (Å²) < 4.78 is 33.7. The molecule has 0 spiro atoms. The summed E-state index contributed by atoms with van der Waals surface area (Å²) in [6.07, 6.45) is 0.276. The quantitative estimate of drug-likeness (QED) is 0.839. The molecule has 0 aliphatic heterocycles. The van der Waals surface area contributed by atoms with Gasteiger partial charge in [-0.2, -0.15) is 8.78 Å². The van der Waals surface area contributed by atoms with Crippen LogP contribution in [0.1, 0.15) is 6.42 Å². The number of halogens is 2. The first-order valence-corrected chi connectivity index (χ1v) is 6.09. The number of alkyl halides is 2. The molecular weight excluding hydrogens is 288 g/mol. The highest BCUT2D eigenvalue weighted by atomic mass is 19.3. The van der Waals surface area contributed by atoms with Gasteiger partial charge < -0.3 is 19.9 Å². The lowest BCUT2D eigenvalue weighted by molar-refractivity contribution is -0.139. The second-order valence-corrected chi connectivity index (χ2v) is 4.52. The molecule has 2 atom stereocenters. The molecule has 1 aliphatic rings. The standard InChI is InChI=1S/C13H13F2NO5/c1-20-9-3-2-6(4-10(9)21-13(14)15)16-11(17)7-5-8(7)12(18)19/h2-4,7-8,13H,5H2,1H3,(H,16,17)(H,18,19)/t7-,8+/m1/s1. The number of carboxylic acid groups (broad SMARTS) is 1. The molecule has 0 aromatic heterocycles. The van der Waals surface area contributed by atoms with Crippen LogP contribution in [0.15, 0.2) is 18.2 Å². The molecule has 0 bridgehead atoms. The van der Waals surface area contributed by atoms with Gasteiger partial charge in [0.25, 0.3) is 0 Å². The number of ether oxygens (including phenoxy) is 2. The van der Waals surface area contributed by atoms with Crippen LogP contribution in [0.25, 0.3) is 0 Å². The number of methoxy groups -OCH3 is 1. The molecule has 1 fully saturated rings. The van der Waals surface area contributed by atoms with E-state index in [0.29, 0.717) is 0 Å². The van der Waals surface area contributed by atoms with Gasteiger partial charge in [0, 0.05) is 11.8 Å². The van der Waals surface area contributed by atoms with Gasteiger partial charge in [-0.3, -0.25) is 9.59 Å². The van der Waals surface area contributed by atoms with Crippen molar-refractivity contribution in [3.05, 3.63) is 18.2 Å². The highest BCUT2D eigenvalue weighted by molar-refractivity contribution is 5.98. The molecule has 21 heavy (non-hydrogen) atoms.